The molecule has 5 heteroatoms. The van der Waals surface area contributed by atoms with Crippen LogP contribution in [-0.2, 0) is 0 Å². The van der Waals surface area contributed by atoms with Crippen molar-refractivity contribution in [3.05, 3.63) is 53.3 Å². The molecule has 0 amide bonds. The monoisotopic (exact) mass is 298 g/mol. The van der Waals surface area contributed by atoms with Gasteiger partial charge < -0.3 is 19.3 Å². The van der Waals surface area contributed by atoms with Gasteiger partial charge in [-0.25, -0.2) is 0 Å². The van der Waals surface area contributed by atoms with Gasteiger partial charge in [-0.1, -0.05) is 6.07 Å². The second kappa shape index (κ2) is 5.44. The van der Waals surface area contributed by atoms with E-state index in [-0.39, 0.29) is 17.3 Å². The fourth-order valence-electron chi connectivity index (χ4n) is 2.33. The SMILES string of the molecule is COc1cccc(OC)c1C=C1Oc2cc(O)ccc2C1=O. The molecule has 2 aromatic carbocycles. The highest BCUT2D eigenvalue weighted by Crippen LogP contribution is 2.37. The average Bonchev–Trinajstić information content (AvgIpc) is 2.83. The molecule has 0 bridgehead atoms. The van der Waals surface area contributed by atoms with E-state index in [4.69, 9.17) is 14.2 Å². The molecule has 0 saturated carbocycles. The number of ether oxygens (including phenoxy) is 3. The van der Waals surface area contributed by atoms with E-state index >= 15 is 0 Å². The number of methoxy groups -OCH3 is 2. The van der Waals surface area contributed by atoms with Gasteiger partial charge in [0.25, 0.3) is 0 Å². The molecule has 0 unspecified atom stereocenters. The predicted molar refractivity (Wildman–Crippen MR) is 80.6 cm³/mol. The molecule has 0 saturated heterocycles. The second-order valence-electron chi connectivity index (χ2n) is 4.70. The van der Waals surface area contributed by atoms with Gasteiger partial charge in [0.2, 0.25) is 5.78 Å². The van der Waals surface area contributed by atoms with E-state index in [1.165, 1.54) is 18.2 Å². The second-order valence-corrected chi connectivity index (χ2v) is 4.70. The first-order valence-corrected chi connectivity index (χ1v) is 6.62. The molecule has 1 aliphatic rings. The molecule has 0 radical (unpaired) electrons. The first-order valence-electron chi connectivity index (χ1n) is 6.62. The number of phenolic OH excluding ortho intramolecular Hbond substituents is 1. The zero-order chi connectivity index (χ0) is 15.7. The molecule has 112 valence electrons. The summed E-state index contributed by atoms with van der Waals surface area (Å²) in [6.07, 6.45) is 1.58. The van der Waals surface area contributed by atoms with Crippen molar-refractivity contribution in [1.82, 2.24) is 0 Å². The van der Waals surface area contributed by atoms with E-state index in [1.807, 2.05) is 0 Å². The minimum atomic E-state index is -0.247. The third-order valence-electron chi connectivity index (χ3n) is 3.39. The van der Waals surface area contributed by atoms with Crippen molar-refractivity contribution in [2.24, 2.45) is 0 Å². The zero-order valence-corrected chi connectivity index (χ0v) is 12.1. The summed E-state index contributed by atoms with van der Waals surface area (Å²) < 4.78 is 16.1. The third kappa shape index (κ3) is 2.26. The van der Waals surface area contributed by atoms with Crippen molar-refractivity contribution in [3.63, 3.8) is 0 Å². The number of fused-ring (bicyclic) bond motifs is 1. The lowest BCUT2D eigenvalue weighted by Crippen LogP contribution is -2.00. The van der Waals surface area contributed by atoms with Gasteiger partial charge in [0.1, 0.15) is 23.0 Å². The molecule has 3 rings (SSSR count). The first-order chi connectivity index (χ1) is 10.6. The summed E-state index contributed by atoms with van der Waals surface area (Å²) in [6, 6.07) is 9.73. The number of rotatable bonds is 3. The average molecular weight is 298 g/mol. The zero-order valence-electron chi connectivity index (χ0n) is 12.1. The predicted octanol–water partition coefficient (Wildman–Crippen LogP) is 3.03. The van der Waals surface area contributed by atoms with Gasteiger partial charge in [-0.05, 0) is 30.3 Å². The Balaban J connectivity index is 2.07. The Morgan fingerprint density at radius 2 is 1.77 bits per heavy atom. The molecule has 1 aliphatic heterocycles. The summed E-state index contributed by atoms with van der Waals surface area (Å²) in [7, 11) is 3.09. The fraction of sp³-hybridized carbons (Fsp3) is 0.118. The van der Waals surface area contributed by atoms with Gasteiger partial charge in [0.05, 0.1) is 25.3 Å². The van der Waals surface area contributed by atoms with Crippen LogP contribution in [0.2, 0.25) is 0 Å². The summed E-state index contributed by atoms with van der Waals surface area (Å²) in [5.74, 6) is 1.43. The van der Waals surface area contributed by atoms with E-state index in [1.54, 1.807) is 38.5 Å². The molecule has 5 nitrogen and oxygen atoms in total. The number of hydrogen-bond acceptors (Lipinski definition) is 5. The smallest absolute Gasteiger partial charge is 0.231 e. The Kier molecular flexibility index (Phi) is 3.47. The number of carbonyl (C=O) groups excluding carboxylic acids is 1. The topological polar surface area (TPSA) is 65.0 Å². The maximum atomic E-state index is 12.4. The first kappa shape index (κ1) is 14.0. The Hall–Kier alpha value is -2.95. The van der Waals surface area contributed by atoms with Gasteiger partial charge in [0, 0.05) is 6.07 Å². The minimum absolute atomic E-state index is 0.0441. The maximum Gasteiger partial charge on any atom is 0.231 e. The molecular weight excluding hydrogens is 284 g/mol. The number of Topliss-reactive ketones (excluding diaryl/α,β-unsaturated/α-hetero) is 1. The van der Waals surface area contributed by atoms with Crippen molar-refractivity contribution < 1.29 is 24.1 Å². The maximum absolute atomic E-state index is 12.4. The van der Waals surface area contributed by atoms with E-state index in [9.17, 15) is 9.90 Å². The van der Waals surface area contributed by atoms with E-state index in [0.29, 0.717) is 28.4 Å². The van der Waals surface area contributed by atoms with E-state index < -0.39 is 0 Å². The molecule has 0 fully saturated rings. The van der Waals surface area contributed by atoms with Gasteiger partial charge in [0.15, 0.2) is 5.76 Å². The number of ketones is 1. The fourth-order valence-corrected chi connectivity index (χ4v) is 2.33. The number of carbonyl (C=O) groups is 1. The largest absolute Gasteiger partial charge is 0.508 e. The highest BCUT2D eigenvalue weighted by atomic mass is 16.5. The summed E-state index contributed by atoms with van der Waals surface area (Å²) in [5.41, 5.74) is 1.03. The van der Waals surface area contributed by atoms with Gasteiger partial charge in [-0.15, -0.1) is 0 Å². The van der Waals surface area contributed by atoms with Crippen molar-refractivity contribution in [2.45, 2.75) is 0 Å². The molecular formula is C17H14O5. The number of aromatic hydroxyl groups is 1. The Labute approximate surface area is 127 Å². The molecule has 22 heavy (non-hydrogen) atoms. The lowest BCUT2D eigenvalue weighted by molar-refractivity contribution is 0.101. The number of benzene rings is 2. The van der Waals surface area contributed by atoms with E-state index in [2.05, 4.69) is 0 Å². The molecule has 0 atom stereocenters. The molecule has 1 N–H and O–H groups in total. The van der Waals surface area contributed by atoms with Crippen LogP contribution in [-0.4, -0.2) is 25.1 Å². The highest BCUT2D eigenvalue weighted by molar-refractivity contribution is 6.14. The van der Waals surface area contributed by atoms with Gasteiger partial charge in [-0.2, -0.15) is 0 Å². The Morgan fingerprint density at radius 3 is 2.41 bits per heavy atom. The number of allylic oxidation sites excluding steroid dienone is 1. The summed E-state index contributed by atoms with van der Waals surface area (Å²) >= 11 is 0. The van der Waals surface area contributed by atoms with Crippen LogP contribution in [0.15, 0.2) is 42.2 Å². The summed E-state index contributed by atoms with van der Waals surface area (Å²) in [5, 5.41) is 9.47. The minimum Gasteiger partial charge on any atom is -0.508 e. The van der Waals surface area contributed by atoms with Crippen LogP contribution in [0.3, 0.4) is 0 Å². The van der Waals surface area contributed by atoms with Crippen molar-refractivity contribution in [1.29, 1.82) is 0 Å². The van der Waals surface area contributed by atoms with Crippen LogP contribution in [0.25, 0.3) is 6.08 Å². The van der Waals surface area contributed by atoms with E-state index in [0.717, 1.165) is 0 Å². The van der Waals surface area contributed by atoms with Crippen molar-refractivity contribution >= 4 is 11.9 Å². The van der Waals surface area contributed by atoms with Crippen LogP contribution in [0.5, 0.6) is 23.0 Å². The highest BCUT2D eigenvalue weighted by Gasteiger charge is 2.28. The van der Waals surface area contributed by atoms with Crippen LogP contribution < -0.4 is 14.2 Å². The molecule has 1 heterocycles. The Morgan fingerprint density at radius 1 is 1.09 bits per heavy atom. The van der Waals surface area contributed by atoms with Crippen LogP contribution in [0.4, 0.5) is 0 Å². The van der Waals surface area contributed by atoms with Gasteiger partial charge in [-0.3, -0.25) is 4.79 Å². The van der Waals surface area contributed by atoms with Crippen molar-refractivity contribution in [2.75, 3.05) is 14.2 Å². The molecule has 2 aromatic rings. The Bertz CT molecular complexity index is 754. The third-order valence-corrected chi connectivity index (χ3v) is 3.39. The van der Waals surface area contributed by atoms with Crippen LogP contribution >= 0.6 is 0 Å². The normalized spacial score (nSPS) is 14.6. The lowest BCUT2D eigenvalue weighted by Gasteiger charge is -2.10. The van der Waals surface area contributed by atoms with Crippen LogP contribution in [0.1, 0.15) is 15.9 Å². The standard InChI is InChI=1S/C17H14O5/c1-20-13-4-3-5-14(21-2)12(13)9-16-17(19)11-7-6-10(18)8-15(11)22-16/h3-9,18H,1-2H3. The number of phenols is 1. The van der Waals surface area contributed by atoms with Crippen molar-refractivity contribution in [3.8, 4) is 23.0 Å². The summed E-state index contributed by atoms with van der Waals surface area (Å²) in [6.45, 7) is 0. The lowest BCUT2D eigenvalue weighted by atomic mass is 10.1. The summed E-state index contributed by atoms with van der Waals surface area (Å²) in [4.78, 5) is 12.4. The quantitative estimate of drug-likeness (QED) is 0.882. The number of hydrogen-bond donors (Lipinski definition) is 1. The molecule has 0 aromatic heterocycles. The van der Waals surface area contributed by atoms with Gasteiger partial charge >= 0.3 is 0 Å². The molecule has 0 spiro atoms. The molecule has 0 aliphatic carbocycles. The van der Waals surface area contributed by atoms with Crippen LogP contribution in [0, 0.1) is 0 Å².